The highest BCUT2D eigenvalue weighted by atomic mass is 32.2. The molecule has 0 saturated carbocycles. The van der Waals surface area contributed by atoms with Gasteiger partial charge in [0.15, 0.2) is 0 Å². The third-order valence-corrected chi connectivity index (χ3v) is 6.90. The summed E-state index contributed by atoms with van der Waals surface area (Å²) >= 11 is 0. The zero-order valence-corrected chi connectivity index (χ0v) is 14.3. The predicted molar refractivity (Wildman–Crippen MR) is 84.3 cm³/mol. The van der Waals surface area contributed by atoms with Crippen LogP contribution >= 0.6 is 0 Å². The van der Waals surface area contributed by atoms with E-state index in [1.165, 1.54) is 25.9 Å². The van der Waals surface area contributed by atoms with E-state index in [1.54, 1.807) is 11.2 Å². The van der Waals surface area contributed by atoms with E-state index in [0.29, 0.717) is 32.2 Å². The number of nitrogens with zero attached hydrogens (tertiary/aromatic N) is 2. The van der Waals surface area contributed by atoms with Crippen LogP contribution in [0.2, 0.25) is 0 Å². The second-order valence-electron chi connectivity index (χ2n) is 6.86. The summed E-state index contributed by atoms with van der Waals surface area (Å²) in [6.07, 6.45) is 3.49. The molecule has 0 aliphatic carbocycles. The summed E-state index contributed by atoms with van der Waals surface area (Å²) in [5, 5.41) is 0. The SMILES string of the molecule is CCS(=O)(=O)N1CCOC[C@@]2(C[C@H](CN3CCCC3)CO2)C1. The molecule has 22 heavy (non-hydrogen) atoms. The normalized spacial score (nSPS) is 35.2. The number of sulfonamides is 1. The highest BCUT2D eigenvalue weighted by molar-refractivity contribution is 7.89. The topological polar surface area (TPSA) is 59.1 Å². The zero-order valence-electron chi connectivity index (χ0n) is 13.5. The molecular formula is C15H28N2O4S. The minimum Gasteiger partial charge on any atom is -0.377 e. The van der Waals surface area contributed by atoms with Gasteiger partial charge >= 0.3 is 0 Å². The second kappa shape index (κ2) is 6.73. The van der Waals surface area contributed by atoms with Crippen molar-refractivity contribution >= 4 is 10.0 Å². The van der Waals surface area contributed by atoms with Crippen LogP contribution in [0, 0.1) is 5.92 Å². The number of hydrogen-bond acceptors (Lipinski definition) is 5. The smallest absolute Gasteiger partial charge is 0.214 e. The van der Waals surface area contributed by atoms with Crippen LogP contribution in [0.5, 0.6) is 0 Å². The van der Waals surface area contributed by atoms with Crippen LogP contribution in [0.25, 0.3) is 0 Å². The summed E-state index contributed by atoms with van der Waals surface area (Å²) in [5.74, 6) is 0.631. The molecule has 1 spiro atoms. The zero-order chi connectivity index (χ0) is 15.6. The van der Waals surface area contributed by atoms with Crippen molar-refractivity contribution in [2.75, 3.05) is 58.3 Å². The van der Waals surface area contributed by atoms with E-state index in [1.807, 2.05) is 0 Å². The average molecular weight is 332 g/mol. The molecule has 3 aliphatic heterocycles. The Morgan fingerprint density at radius 2 is 2.00 bits per heavy atom. The molecule has 0 amide bonds. The Bertz CT molecular complexity index is 478. The number of likely N-dealkylation sites (tertiary alicyclic amines) is 1. The van der Waals surface area contributed by atoms with Gasteiger partial charge < -0.3 is 14.4 Å². The van der Waals surface area contributed by atoms with Crippen molar-refractivity contribution in [3.63, 3.8) is 0 Å². The molecule has 0 bridgehead atoms. The molecule has 3 fully saturated rings. The molecular weight excluding hydrogens is 304 g/mol. The molecule has 0 N–H and O–H groups in total. The van der Waals surface area contributed by atoms with Crippen molar-refractivity contribution in [3.05, 3.63) is 0 Å². The van der Waals surface area contributed by atoms with Crippen LogP contribution in [0.4, 0.5) is 0 Å². The van der Waals surface area contributed by atoms with E-state index in [9.17, 15) is 8.42 Å². The van der Waals surface area contributed by atoms with Crippen molar-refractivity contribution in [1.29, 1.82) is 0 Å². The highest BCUT2D eigenvalue weighted by Gasteiger charge is 2.45. The molecule has 0 unspecified atom stereocenters. The summed E-state index contributed by atoms with van der Waals surface area (Å²) in [6.45, 7) is 7.73. The van der Waals surface area contributed by atoms with E-state index in [-0.39, 0.29) is 5.75 Å². The maximum Gasteiger partial charge on any atom is 0.214 e. The monoisotopic (exact) mass is 332 g/mol. The fourth-order valence-electron chi connectivity index (χ4n) is 3.89. The van der Waals surface area contributed by atoms with Gasteiger partial charge in [0.05, 0.1) is 25.6 Å². The molecule has 0 aromatic carbocycles. The molecule has 3 heterocycles. The summed E-state index contributed by atoms with van der Waals surface area (Å²) < 4.78 is 37.8. The van der Waals surface area contributed by atoms with Gasteiger partial charge in [0.25, 0.3) is 0 Å². The summed E-state index contributed by atoms with van der Waals surface area (Å²) in [5.41, 5.74) is -0.441. The van der Waals surface area contributed by atoms with Gasteiger partial charge in [-0.15, -0.1) is 0 Å². The standard InChI is InChI=1S/C15H28N2O4S/c1-2-22(18,19)17-7-8-20-13-15(12-17)9-14(11-21-15)10-16-5-3-4-6-16/h14H,2-13H2,1H3/t14-,15-/m1/s1. The fraction of sp³-hybridized carbons (Fsp3) is 1.00. The first-order chi connectivity index (χ1) is 10.5. The van der Waals surface area contributed by atoms with Gasteiger partial charge in [0.2, 0.25) is 10.0 Å². The molecule has 3 saturated heterocycles. The Morgan fingerprint density at radius 1 is 1.23 bits per heavy atom. The van der Waals surface area contributed by atoms with Crippen molar-refractivity contribution in [2.45, 2.75) is 31.8 Å². The fourth-order valence-corrected chi connectivity index (χ4v) is 5.04. The van der Waals surface area contributed by atoms with Gasteiger partial charge in [-0.25, -0.2) is 8.42 Å². The lowest BCUT2D eigenvalue weighted by atomic mass is 9.94. The summed E-state index contributed by atoms with van der Waals surface area (Å²) in [4.78, 5) is 2.51. The largest absolute Gasteiger partial charge is 0.377 e. The van der Waals surface area contributed by atoms with Crippen LogP contribution in [-0.4, -0.2) is 81.5 Å². The first kappa shape index (κ1) is 16.6. The molecule has 3 rings (SSSR count). The minimum atomic E-state index is -3.18. The van der Waals surface area contributed by atoms with Crippen LogP contribution in [0.1, 0.15) is 26.2 Å². The Kier molecular flexibility index (Phi) is 5.09. The van der Waals surface area contributed by atoms with Crippen molar-refractivity contribution in [3.8, 4) is 0 Å². The van der Waals surface area contributed by atoms with Crippen LogP contribution in [0.15, 0.2) is 0 Å². The van der Waals surface area contributed by atoms with E-state index in [4.69, 9.17) is 9.47 Å². The Labute approximate surface area is 133 Å². The van der Waals surface area contributed by atoms with Crippen molar-refractivity contribution in [2.24, 2.45) is 5.92 Å². The van der Waals surface area contributed by atoms with Crippen molar-refractivity contribution in [1.82, 2.24) is 9.21 Å². The maximum absolute atomic E-state index is 12.2. The number of rotatable bonds is 4. The molecule has 0 aromatic heterocycles. The van der Waals surface area contributed by atoms with Gasteiger partial charge in [0, 0.05) is 19.6 Å². The van der Waals surface area contributed by atoms with Crippen LogP contribution in [0.3, 0.4) is 0 Å². The molecule has 128 valence electrons. The number of ether oxygens (including phenoxy) is 2. The van der Waals surface area contributed by atoms with Gasteiger partial charge in [-0.2, -0.15) is 4.31 Å². The highest BCUT2D eigenvalue weighted by Crippen LogP contribution is 2.34. The van der Waals surface area contributed by atoms with E-state index in [2.05, 4.69) is 4.90 Å². The third-order valence-electron chi connectivity index (χ3n) is 5.07. The predicted octanol–water partition coefficient (Wildman–Crippen LogP) is 0.539. The lowest BCUT2D eigenvalue weighted by Gasteiger charge is -2.30. The van der Waals surface area contributed by atoms with Crippen LogP contribution < -0.4 is 0 Å². The average Bonchev–Trinajstić information content (AvgIpc) is 3.07. The Hall–Kier alpha value is -0.210. The van der Waals surface area contributed by atoms with Gasteiger partial charge in [-0.3, -0.25) is 0 Å². The maximum atomic E-state index is 12.2. The Balaban J connectivity index is 1.64. The molecule has 0 aromatic rings. The third kappa shape index (κ3) is 3.64. The summed E-state index contributed by atoms with van der Waals surface area (Å²) in [6, 6.07) is 0. The van der Waals surface area contributed by atoms with Crippen molar-refractivity contribution < 1.29 is 17.9 Å². The lowest BCUT2D eigenvalue weighted by molar-refractivity contribution is -0.0512. The quantitative estimate of drug-likeness (QED) is 0.752. The molecule has 0 radical (unpaired) electrons. The molecule has 3 aliphatic rings. The molecule has 6 nitrogen and oxygen atoms in total. The van der Waals surface area contributed by atoms with E-state index < -0.39 is 15.6 Å². The van der Waals surface area contributed by atoms with Crippen LogP contribution in [-0.2, 0) is 19.5 Å². The van der Waals surface area contributed by atoms with E-state index in [0.717, 1.165) is 19.6 Å². The van der Waals surface area contributed by atoms with Gasteiger partial charge in [0.1, 0.15) is 5.60 Å². The number of hydrogen-bond donors (Lipinski definition) is 0. The minimum absolute atomic E-state index is 0.139. The molecule has 7 heteroatoms. The summed E-state index contributed by atoms with van der Waals surface area (Å²) in [7, 11) is -3.18. The molecule has 2 atom stereocenters. The van der Waals surface area contributed by atoms with Gasteiger partial charge in [-0.1, -0.05) is 0 Å². The van der Waals surface area contributed by atoms with Gasteiger partial charge in [-0.05, 0) is 45.2 Å². The Morgan fingerprint density at radius 3 is 2.73 bits per heavy atom. The van der Waals surface area contributed by atoms with E-state index >= 15 is 0 Å². The first-order valence-corrected chi connectivity index (χ1v) is 10.1. The second-order valence-corrected chi connectivity index (χ2v) is 9.12. The first-order valence-electron chi connectivity index (χ1n) is 8.45. The lowest BCUT2D eigenvalue weighted by Crippen LogP contribution is -2.46.